The number of fused-ring (bicyclic) bond motifs is 1. The second kappa shape index (κ2) is 3.80. The molecule has 1 N–H and O–H groups in total. The lowest BCUT2D eigenvalue weighted by molar-refractivity contribution is 0.111. The third-order valence-corrected chi connectivity index (χ3v) is 2.27. The molecule has 1 aromatic carbocycles. The topological polar surface area (TPSA) is 74.2 Å². The summed E-state index contributed by atoms with van der Waals surface area (Å²) in [5, 5.41) is 9.79. The fourth-order valence-electron chi connectivity index (χ4n) is 1.58. The van der Waals surface area contributed by atoms with Crippen molar-refractivity contribution < 1.29 is 28.8 Å². The summed E-state index contributed by atoms with van der Waals surface area (Å²) in [4.78, 5) is 10.9. The first-order valence-electron chi connectivity index (χ1n) is 4.46. The van der Waals surface area contributed by atoms with E-state index >= 15 is 0 Å². The van der Waals surface area contributed by atoms with Crippen molar-refractivity contribution in [2.75, 3.05) is 21.0 Å². The molecule has 6 heteroatoms. The zero-order chi connectivity index (χ0) is 11.7. The predicted octanol–water partition coefficient (Wildman–Crippen LogP) is 0.951. The third kappa shape index (κ3) is 1.23. The molecule has 0 aromatic heterocycles. The van der Waals surface area contributed by atoms with Crippen molar-refractivity contribution in [1.29, 1.82) is 0 Å². The molecule has 0 amide bonds. The number of benzene rings is 1. The highest BCUT2D eigenvalue weighted by Gasteiger charge is 2.31. The number of phenolic OH excluding ortho intramolecular Hbond substituents is 1. The van der Waals surface area contributed by atoms with Gasteiger partial charge in [-0.1, -0.05) is 0 Å². The number of hydrogen-bond donors (Lipinski definition) is 1. The van der Waals surface area contributed by atoms with E-state index in [0.717, 1.165) is 0 Å². The van der Waals surface area contributed by atoms with Gasteiger partial charge in [0.05, 0.1) is 14.2 Å². The van der Waals surface area contributed by atoms with Crippen molar-refractivity contribution in [2.24, 2.45) is 0 Å². The predicted molar refractivity (Wildman–Crippen MR) is 52.7 cm³/mol. The zero-order valence-corrected chi connectivity index (χ0v) is 8.77. The summed E-state index contributed by atoms with van der Waals surface area (Å²) in [6.07, 6.45) is 0.471. The maximum absolute atomic E-state index is 10.9. The molecule has 1 aromatic rings. The Hall–Kier alpha value is -2.11. The van der Waals surface area contributed by atoms with Gasteiger partial charge in [0.1, 0.15) is 5.56 Å². The fourth-order valence-corrected chi connectivity index (χ4v) is 1.58. The lowest BCUT2D eigenvalue weighted by Crippen LogP contribution is -1.96. The van der Waals surface area contributed by atoms with Crippen LogP contribution >= 0.6 is 0 Å². The standard InChI is InChI=1S/C10H10O6/c1-13-7-5(3-11)6(12)8(14-2)10-9(7)15-4-16-10/h3,12H,4H2,1-2H3. The number of rotatable bonds is 3. The quantitative estimate of drug-likeness (QED) is 0.773. The number of carbonyl (C=O) groups is 1. The number of ether oxygens (including phenoxy) is 4. The first-order chi connectivity index (χ1) is 7.74. The largest absolute Gasteiger partial charge is 0.504 e. The highest BCUT2D eigenvalue weighted by molar-refractivity contribution is 5.89. The Morgan fingerprint density at radius 2 is 1.75 bits per heavy atom. The Morgan fingerprint density at radius 3 is 2.25 bits per heavy atom. The van der Waals surface area contributed by atoms with Gasteiger partial charge in [-0.2, -0.15) is 0 Å². The van der Waals surface area contributed by atoms with Crippen molar-refractivity contribution in [3.05, 3.63) is 5.56 Å². The van der Waals surface area contributed by atoms with Gasteiger partial charge in [0, 0.05) is 0 Å². The average Bonchev–Trinajstić information content (AvgIpc) is 2.76. The number of methoxy groups -OCH3 is 2. The lowest BCUT2D eigenvalue weighted by atomic mass is 10.1. The minimum atomic E-state index is -0.321. The first-order valence-corrected chi connectivity index (χ1v) is 4.46. The SMILES string of the molecule is COc1c(O)c(C=O)c(OC)c2c1OCO2. The molecule has 0 bridgehead atoms. The Balaban J connectivity index is 2.77. The van der Waals surface area contributed by atoms with E-state index in [2.05, 4.69) is 0 Å². The zero-order valence-electron chi connectivity index (χ0n) is 8.77. The van der Waals surface area contributed by atoms with E-state index in [0.29, 0.717) is 6.29 Å². The number of aromatic hydroxyl groups is 1. The van der Waals surface area contributed by atoms with Gasteiger partial charge in [-0.05, 0) is 0 Å². The van der Waals surface area contributed by atoms with Crippen LogP contribution in [0.5, 0.6) is 28.7 Å². The Labute approximate surface area is 91.3 Å². The number of aldehydes is 1. The Morgan fingerprint density at radius 1 is 1.19 bits per heavy atom. The van der Waals surface area contributed by atoms with Crippen LogP contribution in [0, 0.1) is 0 Å². The highest BCUT2D eigenvalue weighted by Crippen LogP contribution is 2.54. The summed E-state index contributed by atoms with van der Waals surface area (Å²) in [5.41, 5.74) is -0.0244. The van der Waals surface area contributed by atoms with Gasteiger partial charge in [-0.3, -0.25) is 4.79 Å². The maximum Gasteiger partial charge on any atom is 0.231 e. The van der Waals surface area contributed by atoms with Crippen LogP contribution in [0.4, 0.5) is 0 Å². The van der Waals surface area contributed by atoms with Crippen LogP contribution in [0.1, 0.15) is 10.4 Å². The van der Waals surface area contributed by atoms with E-state index < -0.39 is 0 Å². The second-order valence-corrected chi connectivity index (χ2v) is 3.01. The van der Waals surface area contributed by atoms with Crippen LogP contribution in [-0.4, -0.2) is 32.4 Å². The van der Waals surface area contributed by atoms with Gasteiger partial charge in [0.25, 0.3) is 0 Å². The van der Waals surface area contributed by atoms with E-state index in [4.69, 9.17) is 18.9 Å². The lowest BCUT2D eigenvalue weighted by Gasteiger charge is -2.12. The van der Waals surface area contributed by atoms with Gasteiger partial charge in [0.2, 0.25) is 24.0 Å². The Bertz CT molecular complexity index is 440. The van der Waals surface area contributed by atoms with E-state index in [1.807, 2.05) is 0 Å². The Kier molecular flexibility index (Phi) is 2.47. The molecular weight excluding hydrogens is 216 g/mol. The monoisotopic (exact) mass is 226 g/mol. The third-order valence-electron chi connectivity index (χ3n) is 2.27. The smallest absolute Gasteiger partial charge is 0.231 e. The maximum atomic E-state index is 10.9. The van der Waals surface area contributed by atoms with Crippen molar-refractivity contribution in [3.8, 4) is 28.7 Å². The van der Waals surface area contributed by atoms with Crippen LogP contribution in [0.2, 0.25) is 0 Å². The van der Waals surface area contributed by atoms with Gasteiger partial charge in [-0.15, -0.1) is 0 Å². The van der Waals surface area contributed by atoms with Crippen molar-refractivity contribution in [1.82, 2.24) is 0 Å². The summed E-state index contributed by atoms with van der Waals surface area (Å²) in [7, 11) is 2.73. The van der Waals surface area contributed by atoms with Gasteiger partial charge < -0.3 is 24.1 Å². The average molecular weight is 226 g/mol. The van der Waals surface area contributed by atoms with E-state index in [1.165, 1.54) is 14.2 Å². The van der Waals surface area contributed by atoms with Gasteiger partial charge in [0.15, 0.2) is 17.8 Å². The van der Waals surface area contributed by atoms with Crippen molar-refractivity contribution in [3.63, 3.8) is 0 Å². The molecule has 0 unspecified atom stereocenters. The summed E-state index contributed by atoms with van der Waals surface area (Å²) in [6.45, 7) is -0.0101. The second-order valence-electron chi connectivity index (χ2n) is 3.01. The molecule has 1 heterocycles. The normalized spacial score (nSPS) is 12.4. The molecule has 6 nitrogen and oxygen atoms in total. The molecular formula is C10H10O6. The molecule has 0 radical (unpaired) electrons. The molecule has 16 heavy (non-hydrogen) atoms. The van der Waals surface area contributed by atoms with E-state index in [1.54, 1.807) is 0 Å². The molecule has 0 aliphatic carbocycles. The number of phenols is 1. The number of carbonyl (C=O) groups excluding carboxylic acids is 1. The van der Waals surface area contributed by atoms with Crippen molar-refractivity contribution >= 4 is 6.29 Å². The van der Waals surface area contributed by atoms with Gasteiger partial charge in [-0.25, -0.2) is 0 Å². The molecule has 2 rings (SSSR count). The molecule has 0 fully saturated rings. The summed E-state index contributed by atoms with van der Waals surface area (Å²) in [6, 6.07) is 0. The minimum absolute atomic E-state index is 0.0101. The molecule has 0 spiro atoms. The molecule has 1 aliphatic heterocycles. The summed E-state index contributed by atoms with van der Waals surface area (Å²) < 4.78 is 20.3. The summed E-state index contributed by atoms with van der Waals surface area (Å²) in [5.74, 6) is 0.386. The van der Waals surface area contributed by atoms with Crippen LogP contribution < -0.4 is 18.9 Å². The minimum Gasteiger partial charge on any atom is -0.504 e. The fraction of sp³-hybridized carbons (Fsp3) is 0.300. The van der Waals surface area contributed by atoms with Crippen LogP contribution in [0.25, 0.3) is 0 Å². The first kappa shape index (κ1) is 10.4. The van der Waals surface area contributed by atoms with E-state index in [9.17, 15) is 9.90 Å². The van der Waals surface area contributed by atoms with Crippen LogP contribution in [0.3, 0.4) is 0 Å². The number of hydrogen-bond acceptors (Lipinski definition) is 6. The molecule has 86 valence electrons. The van der Waals surface area contributed by atoms with Crippen molar-refractivity contribution in [2.45, 2.75) is 0 Å². The van der Waals surface area contributed by atoms with E-state index in [-0.39, 0.29) is 41.1 Å². The molecule has 0 saturated carbocycles. The van der Waals surface area contributed by atoms with Gasteiger partial charge >= 0.3 is 0 Å². The molecule has 0 saturated heterocycles. The van der Waals surface area contributed by atoms with Crippen LogP contribution in [0.15, 0.2) is 0 Å². The van der Waals surface area contributed by atoms with Crippen LogP contribution in [-0.2, 0) is 0 Å². The summed E-state index contributed by atoms with van der Waals surface area (Å²) >= 11 is 0. The highest BCUT2D eigenvalue weighted by atomic mass is 16.7. The molecule has 0 atom stereocenters. The molecule has 1 aliphatic rings.